The van der Waals surface area contributed by atoms with Gasteiger partial charge >= 0.3 is 0 Å². The molecule has 96 valence electrons. The van der Waals surface area contributed by atoms with Crippen molar-refractivity contribution >= 4 is 17.3 Å². The Morgan fingerprint density at radius 1 is 1.28 bits per heavy atom. The maximum absolute atomic E-state index is 12.3. The molecule has 0 bridgehead atoms. The zero-order valence-corrected chi connectivity index (χ0v) is 11.2. The van der Waals surface area contributed by atoms with Gasteiger partial charge in [-0.3, -0.25) is 4.79 Å². The van der Waals surface area contributed by atoms with Crippen LogP contribution < -0.4 is 9.75 Å². The van der Waals surface area contributed by atoms with Crippen LogP contribution in [0.4, 0.5) is 5.69 Å². The number of carbonyl (C=O) groups excluding carboxylic acids is 1. The summed E-state index contributed by atoms with van der Waals surface area (Å²) in [6.07, 6.45) is 0. The predicted octanol–water partition coefficient (Wildman–Crippen LogP) is 2.69. The molecular formula is C14H18N2O2. The first-order valence-electron chi connectivity index (χ1n) is 6.07. The average molecular weight is 246 g/mol. The number of ether oxygens (including phenoxy) is 1. The lowest BCUT2D eigenvalue weighted by atomic mass is 9.92. The molecule has 0 spiro atoms. The van der Waals surface area contributed by atoms with Crippen molar-refractivity contribution in [1.82, 2.24) is 0 Å². The van der Waals surface area contributed by atoms with Gasteiger partial charge < -0.3 is 4.74 Å². The van der Waals surface area contributed by atoms with E-state index in [9.17, 15) is 4.79 Å². The predicted molar refractivity (Wildman–Crippen MR) is 71.9 cm³/mol. The third-order valence-corrected chi connectivity index (χ3v) is 3.17. The molecule has 0 saturated heterocycles. The fourth-order valence-electron chi connectivity index (χ4n) is 2.26. The van der Waals surface area contributed by atoms with Crippen LogP contribution in [0.5, 0.6) is 5.75 Å². The smallest absolute Gasteiger partial charge is 0.256 e. The van der Waals surface area contributed by atoms with Crippen LogP contribution in [0.15, 0.2) is 29.4 Å². The van der Waals surface area contributed by atoms with Crippen LogP contribution in [0.2, 0.25) is 0 Å². The van der Waals surface area contributed by atoms with Crippen molar-refractivity contribution in [3.05, 3.63) is 24.3 Å². The van der Waals surface area contributed by atoms with E-state index in [0.717, 1.165) is 17.1 Å². The molecule has 1 heterocycles. The number of hydrogen-bond acceptors (Lipinski definition) is 3. The third-order valence-electron chi connectivity index (χ3n) is 3.17. The minimum atomic E-state index is -0.105. The molecule has 1 aliphatic heterocycles. The molecule has 1 unspecified atom stereocenters. The van der Waals surface area contributed by atoms with E-state index in [0.29, 0.717) is 0 Å². The summed E-state index contributed by atoms with van der Waals surface area (Å²) in [5, 5.41) is 5.84. The molecule has 0 aliphatic carbocycles. The minimum Gasteiger partial charge on any atom is -0.497 e. The van der Waals surface area contributed by atoms with E-state index >= 15 is 0 Å². The molecule has 18 heavy (non-hydrogen) atoms. The van der Waals surface area contributed by atoms with Crippen molar-refractivity contribution in [2.24, 2.45) is 16.9 Å². The summed E-state index contributed by atoms with van der Waals surface area (Å²) >= 11 is 0. The van der Waals surface area contributed by atoms with Gasteiger partial charge in [-0.1, -0.05) is 13.8 Å². The Morgan fingerprint density at radius 3 is 2.33 bits per heavy atom. The van der Waals surface area contributed by atoms with Crippen LogP contribution in [0.1, 0.15) is 20.8 Å². The monoisotopic (exact) mass is 246 g/mol. The second kappa shape index (κ2) is 4.80. The van der Waals surface area contributed by atoms with Gasteiger partial charge in [0.2, 0.25) is 0 Å². The van der Waals surface area contributed by atoms with E-state index in [-0.39, 0.29) is 17.7 Å². The number of carbonyl (C=O) groups is 1. The molecule has 1 atom stereocenters. The Balaban J connectivity index is 2.27. The number of hydrazone groups is 1. The quantitative estimate of drug-likeness (QED) is 0.822. The summed E-state index contributed by atoms with van der Waals surface area (Å²) < 4.78 is 5.10. The second-order valence-electron chi connectivity index (χ2n) is 4.81. The minimum absolute atomic E-state index is 0.0488. The highest BCUT2D eigenvalue weighted by atomic mass is 16.5. The highest BCUT2D eigenvalue weighted by Crippen LogP contribution is 2.28. The molecule has 2 rings (SSSR count). The molecule has 0 N–H and O–H groups in total. The van der Waals surface area contributed by atoms with Crippen LogP contribution in [-0.4, -0.2) is 18.7 Å². The zero-order valence-electron chi connectivity index (χ0n) is 11.2. The van der Waals surface area contributed by atoms with Crippen LogP contribution >= 0.6 is 0 Å². The van der Waals surface area contributed by atoms with Gasteiger partial charge in [-0.2, -0.15) is 5.10 Å². The summed E-state index contributed by atoms with van der Waals surface area (Å²) in [6.45, 7) is 5.99. The Bertz CT molecular complexity index is 477. The molecule has 1 amide bonds. The van der Waals surface area contributed by atoms with Gasteiger partial charge in [-0.25, -0.2) is 5.01 Å². The van der Waals surface area contributed by atoms with Crippen molar-refractivity contribution in [3.8, 4) is 5.75 Å². The summed E-state index contributed by atoms with van der Waals surface area (Å²) in [6, 6.07) is 7.35. The number of amides is 1. The van der Waals surface area contributed by atoms with Gasteiger partial charge in [-0.15, -0.1) is 0 Å². The molecule has 0 saturated carbocycles. The second-order valence-corrected chi connectivity index (χ2v) is 4.81. The Hall–Kier alpha value is -1.84. The van der Waals surface area contributed by atoms with Crippen LogP contribution in [0.3, 0.4) is 0 Å². The fourth-order valence-corrected chi connectivity index (χ4v) is 2.26. The third kappa shape index (κ3) is 2.10. The van der Waals surface area contributed by atoms with Crippen molar-refractivity contribution in [1.29, 1.82) is 0 Å². The Labute approximate surface area is 107 Å². The lowest BCUT2D eigenvalue weighted by molar-refractivity contribution is -0.120. The maximum atomic E-state index is 12.3. The maximum Gasteiger partial charge on any atom is 0.256 e. The van der Waals surface area contributed by atoms with E-state index < -0.39 is 0 Å². The molecular weight excluding hydrogens is 228 g/mol. The van der Waals surface area contributed by atoms with Crippen molar-refractivity contribution in [2.45, 2.75) is 20.8 Å². The standard InChI is InChI=1S/C14H18N2O2/c1-9(2)13-10(3)15-16(14(13)17)11-5-7-12(18-4)8-6-11/h5-9,13H,1-4H3. The number of methoxy groups -OCH3 is 1. The molecule has 1 aliphatic rings. The normalized spacial score (nSPS) is 19.4. The number of nitrogens with zero attached hydrogens (tertiary/aromatic N) is 2. The molecule has 1 aromatic carbocycles. The van der Waals surface area contributed by atoms with Gasteiger partial charge in [0.1, 0.15) is 5.75 Å². The first-order valence-corrected chi connectivity index (χ1v) is 6.07. The van der Waals surface area contributed by atoms with E-state index in [2.05, 4.69) is 5.10 Å². The van der Waals surface area contributed by atoms with Crippen LogP contribution in [0.25, 0.3) is 0 Å². The number of rotatable bonds is 3. The molecule has 0 aromatic heterocycles. The van der Waals surface area contributed by atoms with E-state index in [4.69, 9.17) is 4.74 Å². The first-order chi connectivity index (χ1) is 8.54. The van der Waals surface area contributed by atoms with Crippen molar-refractivity contribution in [3.63, 3.8) is 0 Å². The topological polar surface area (TPSA) is 41.9 Å². The highest BCUT2D eigenvalue weighted by Gasteiger charge is 2.36. The van der Waals surface area contributed by atoms with Gasteiger partial charge in [0, 0.05) is 5.71 Å². The molecule has 4 nitrogen and oxygen atoms in total. The lowest BCUT2D eigenvalue weighted by Gasteiger charge is -2.16. The van der Waals surface area contributed by atoms with Crippen molar-refractivity contribution < 1.29 is 9.53 Å². The van der Waals surface area contributed by atoms with Crippen LogP contribution in [-0.2, 0) is 4.79 Å². The Kier molecular flexibility index (Phi) is 3.36. The highest BCUT2D eigenvalue weighted by molar-refractivity contribution is 6.14. The summed E-state index contributed by atoms with van der Waals surface area (Å²) in [7, 11) is 1.62. The van der Waals surface area contributed by atoms with E-state index in [1.165, 1.54) is 5.01 Å². The summed E-state index contributed by atoms with van der Waals surface area (Å²) in [5.74, 6) is 0.982. The van der Waals surface area contributed by atoms with E-state index in [1.807, 2.05) is 45.0 Å². The Morgan fingerprint density at radius 2 is 1.89 bits per heavy atom. The van der Waals surface area contributed by atoms with Gasteiger partial charge in [0.15, 0.2) is 0 Å². The fraction of sp³-hybridized carbons (Fsp3) is 0.429. The number of benzene rings is 1. The molecule has 4 heteroatoms. The van der Waals surface area contributed by atoms with E-state index in [1.54, 1.807) is 7.11 Å². The lowest BCUT2D eigenvalue weighted by Crippen LogP contribution is -2.30. The zero-order chi connectivity index (χ0) is 13.3. The van der Waals surface area contributed by atoms with Gasteiger partial charge in [0.25, 0.3) is 5.91 Å². The summed E-state index contributed by atoms with van der Waals surface area (Å²) in [4.78, 5) is 12.3. The molecule has 0 fully saturated rings. The molecule has 1 aromatic rings. The van der Waals surface area contributed by atoms with Crippen molar-refractivity contribution in [2.75, 3.05) is 12.1 Å². The number of anilines is 1. The molecule has 0 radical (unpaired) electrons. The van der Waals surface area contributed by atoms with Gasteiger partial charge in [0.05, 0.1) is 18.7 Å². The average Bonchev–Trinajstić information content (AvgIpc) is 2.65. The number of hydrogen-bond donors (Lipinski definition) is 0. The van der Waals surface area contributed by atoms with Gasteiger partial charge in [-0.05, 0) is 37.1 Å². The summed E-state index contributed by atoms with van der Waals surface area (Å²) in [5.41, 5.74) is 1.66. The largest absolute Gasteiger partial charge is 0.497 e. The van der Waals surface area contributed by atoms with Crippen LogP contribution in [0, 0.1) is 11.8 Å². The first kappa shape index (κ1) is 12.6. The SMILES string of the molecule is COc1ccc(N2N=C(C)C(C(C)C)C2=O)cc1.